The molecule has 2 aromatic rings. The Labute approximate surface area is 220 Å². The number of rotatable bonds is 9. The van der Waals surface area contributed by atoms with Gasteiger partial charge in [-0.05, 0) is 81.3 Å². The maximum atomic E-state index is 14.1. The van der Waals surface area contributed by atoms with E-state index in [1.807, 2.05) is 35.2 Å². The summed E-state index contributed by atoms with van der Waals surface area (Å²) in [5, 5.41) is 15.7. The van der Waals surface area contributed by atoms with E-state index in [9.17, 15) is 14.3 Å². The number of nitrogens with one attached hydrogen (secondary N) is 1. The monoisotopic (exact) mass is 511 g/mol. The molecule has 2 heterocycles. The van der Waals surface area contributed by atoms with Crippen LogP contribution in [0.5, 0.6) is 0 Å². The van der Waals surface area contributed by atoms with Crippen molar-refractivity contribution < 1.29 is 19.0 Å². The largest absolute Gasteiger partial charge is 0.385 e. The molecule has 0 spiro atoms. The van der Waals surface area contributed by atoms with E-state index in [0.717, 1.165) is 55.3 Å². The van der Waals surface area contributed by atoms with Gasteiger partial charge >= 0.3 is 6.03 Å². The summed E-state index contributed by atoms with van der Waals surface area (Å²) in [7, 11) is 3.78. The number of nitrogens with zero attached hydrogens (tertiary/aromatic N) is 2. The number of piperidine rings is 1. The average Bonchev–Trinajstić information content (AvgIpc) is 3.22. The molecule has 202 valence electrons. The Morgan fingerprint density at radius 2 is 2.00 bits per heavy atom. The number of halogens is 1. The van der Waals surface area contributed by atoms with Gasteiger partial charge in [0.1, 0.15) is 5.82 Å². The van der Waals surface area contributed by atoms with Crippen molar-refractivity contribution in [3.63, 3.8) is 0 Å². The van der Waals surface area contributed by atoms with Gasteiger partial charge in [0, 0.05) is 51.4 Å². The molecule has 2 aliphatic heterocycles. The van der Waals surface area contributed by atoms with Gasteiger partial charge in [-0.15, -0.1) is 0 Å². The van der Waals surface area contributed by atoms with Crippen LogP contribution in [0.1, 0.15) is 51.0 Å². The zero-order chi connectivity index (χ0) is 26.4. The number of likely N-dealkylation sites (tertiary alicyclic amines) is 2. The lowest BCUT2D eigenvalue weighted by Crippen LogP contribution is -2.52. The first-order valence-corrected chi connectivity index (χ1v) is 13.6. The molecular weight excluding hydrogens is 469 g/mol. The molecule has 2 N–H and O–H groups in total. The second-order valence-corrected chi connectivity index (χ2v) is 10.9. The van der Waals surface area contributed by atoms with Gasteiger partial charge in [0.25, 0.3) is 0 Å². The second-order valence-electron chi connectivity index (χ2n) is 10.9. The molecule has 4 rings (SSSR count). The molecule has 37 heavy (non-hydrogen) atoms. The lowest BCUT2D eigenvalue weighted by molar-refractivity contribution is -0.0559. The van der Waals surface area contributed by atoms with Crippen LogP contribution in [-0.4, -0.2) is 73.4 Å². The van der Waals surface area contributed by atoms with E-state index in [4.69, 9.17) is 4.74 Å². The van der Waals surface area contributed by atoms with E-state index in [0.29, 0.717) is 32.2 Å². The fourth-order valence-electron chi connectivity index (χ4n) is 6.08. The van der Waals surface area contributed by atoms with Crippen LogP contribution >= 0.6 is 0 Å². The number of methoxy groups -OCH3 is 1. The number of hydrogen-bond donors (Lipinski definition) is 2. The molecule has 2 fully saturated rings. The SMILES string of the molecule is COCCCC[C@@](O)(c1ccccc1-c1cccc(F)c1)[C@@H]1CCCN(C(=O)N[C@H]2CC(C)N(C)C2)C1. The summed E-state index contributed by atoms with van der Waals surface area (Å²) in [6, 6.07) is 14.9. The molecule has 0 bridgehead atoms. The standard InChI is InChI=1S/C30H42FN3O3/c1-22-18-26(21-33(22)2)32-29(35)34-16-9-11-24(20-34)30(36,15-6-7-17-37-3)28-14-5-4-13-27(28)23-10-8-12-25(31)19-23/h4-5,8,10,12-14,19,22,24,26,36H,6-7,9,11,15-18,20-21H2,1-3H3,(H,32,35)/t22?,24-,26+,30+/m1/s1. The summed E-state index contributed by atoms with van der Waals surface area (Å²) in [4.78, 5) is 17.4. The molecule has 2 aromatic carbocycles. The number of ether oxygens (including phenoxy) is 1. The van der Waals surface area contributed by atoms with Gasteiger partial charge in [-0.3, -0.25) is 0 Å². The highest BCUT2D eigenvalue weighted by atomic mass is 19.1. The van der Waals surface area contributed by atoms with Crippen molar-refractivity contribution in [1.29, 1.82) is 0 Å². The Balaban J connectivity index is 1.59. The summed E-state index contributed by atoms with van der Waals surface area (Å²) in [5.74, 6) is -0.433. The van der Waals surface area contributed by atoms with E-state index in [1.165, 1.54) is 12.1 Å². The second kappa shape index (κ2) is 12.4. The fourth-order valence-corrected chi connectivity index (χ4v) is 6.08. The van der Waals surface area contributed by atoms with Crippen molar-refractivity contribution >= 4 is 6.03 Å². The molecule has 2 amide bonds. The molecule has 4 atom stereocenters. The zero-order valence-electron chi connectivity index (χ0n) is 22.5. The number of urea groups is 1. The molecule has 7 heteroatoms. The third-order valence-electron chi connectivity index (χ3n) is 8.28. The van der Waals surface area contributed by atoms with Crippen molar-refractivity contribution in [3.8, 4) is 11.1 Å². The van der Waals surface area contributed by atoms with Crippen LogP contribution in [0.4, 0.5) is 9.18 Å². The Kier molecular flexibility index (Phi) is 9.22. The number of carbonyl (C=O) groups excluding carboxylic acids is 1. The summed E-state index contributed by atoms with van der Waals surface area (Å²) in [6.07, 6.45) is 4.78. The van der Waals surface area contributed by atoms with Crippen molar-refractivity contribution in [1.82, 2.24) is 15.1 Å². The average molecular weight is 512 g/mol. The number of likely N-dealkylation sites (N-methyl/N-ethyl adjacent to an activating group) is 1. The van der Waals surface area contributed by atoms with Gasteiger partial charge < -0.3 is 25.0 Å². The minimum absolute atomic E-state index is 0.0441. The maximum Gasteiger partial charge on any atom is 0.317 e. The van der Waals surface area contributed by atoms with Crippen LogP contribution in [0, 0.1) is 11.7 Å². The smallest absolute Gasteiger partial charge is 0.317 e. The highest BCUT2D eigenvalue weighted by Crippen LogP contribution is 2.43. The topological polar surface area (TPSA) is 65.0 Å². The van der Waals surface area contributed by atoms with E-state index < -0.39 is 5.60 Å². The third-order valence-corrected chi connectivity index (χ3v) is 8.28. The summed E-state index contributed by atoms with van der Waals surface area (Å²) in [5.41, 5.74) is 1.23. The summed E-state index contributed by atoms with van der Waals surface area (Å²) in [6.45, 7) is 4.85. The van der Waals surface area contributed by atoms with Gasteiger partial charge in [-0.1, -0.05) is 36.4 Å². The molecule has 6 nitrogen and oxygen atoms in total. The molecule has 2 saturated heterocycles. The normalized spacial score (nSPS) is 24.1. The lowest BCUT2D eigenvalue weighted by atomic mass is 9.72. The Morgan fingerprint density at radius 3 is 2.73 bits per heavy atom. The van der Waals surface area contributed by atoms with Crippen LogP contribution in [-0.2, 0) is 10.3 Å². The summed E-state index contributed by atoms with van der Waals surface area (Å²) < 4.78 is 19.4. The van der Waals surface area contributed by atoms with Crippen molar-refractivity contribution in [2.24, 2.45) is 5.92 Å². The number of unbranched alkanes of at least 4 members (excludes halogenated alkanes) is 1. The third kappa shape index (κ3) is 6.51. The van der Waals surface area contributed by atoms with Crippen LogP contribution in [0.3, 0.4) is 0 Å². The van der Waals surface area contributed by atoms with Crippen molar-refractivity contribution in [3.05, 3.63) is 59.9 Å². The van der Waals surface area contributed by atoms with Gasteiger partial charge in [-0.25, -0.2) is 9.18 Å². The lowest BCUT2D eigenvalue weighted by Gasteiger charge is -2.43. The first kappa shape index (κ1) is 27.6. The number of aliphatic hydroxyl groups is 1. The number of hydrogen-bond acceptors (Lipinski definition) is 4. The molecule has 2 aliphatic rings. The van der Waals surface area contributed by atoms with Gasteiger partial charge in [0.2, 0.25) is 0 Å². The van der Waals surface area contributed by atoms with Crippen LogP contribution in [0.15, 0.2) is 48.5 Å². The minimum atomic E-state index is -1.16. The maximum absolute atomic E-state index is 14.1. The highest BCUT2D eigenvalue weighted by molar-refractivity contribution is 5.75. The number of carbonyl (C=O) groups is 1. The highest BCUT2D eigenvalue weighted by Gasteiger charge is 2.42. The molecule has 0 radical (unpaired) electrons. The first-order chi connectivity index (χ1) is 17.8. The Bertz CT molecular complexity index is 1040. The van der Waals surface area contributed by atoms with Gasteiger partial charge in [0.05, 0.1) is 5.60 Å². The Morgan fingerprint density at radius 1 is 1.19 bits per heavy atom. The molecule has 0 aliphatic carbocycles. The predicted octanol–water partition coefficient (Wildman–Crippen LogP) is 5.01. The van der Waals surface area contributed by atoms with Crippen LogP contribution in [0.2, 0.25) is 0 Å². The molecule has 0 aromatic heterocycles. The Hall–Kier alpha value is -2.48. The minimum Gasteiger partial charge on any atom is -0.385 e. The molecule has 0 saturated carbocycles. The van der Waals surface area contributed by atoms with Crippen LogP contribution < -0.4 is 5.32 Å². The first-order valence-electron chi connectivity index (χ1n) is 13.6. The van der Waals surface area contributed by atoms with E-state index in [1.54, 1.807) is 13.2 Å². The van der Waals surface area contributed by atoms with Gasteiger partial charge in [-0.2, -0.15) is 0 Å². The van der Waals surface area contributed by atoms with E-state index >= 15 is 0 Å². The molecule has 1 unspecified atom stereocenters. The van der Waals surface area contributed by atoms with E-state index in [-0.39, 0.29) is 23.8 Å². The fraction of sp³-hybridized carbons (Fsp3) is 0.567. The number of amides is 2. The van der Waals surface area contributed by atoms with Gasteiger partial charge in [0.15, 0.2) is 0 Å². The van der Waals surface area contributed by atoms with Crippen molar-refractivity contribution in [2.75, 3.05) is 40.4 Å². The zero-order valence-corrected chi connectivity index (χ0v) is 22.5. The number of benzene rings is 2. The molecular formula is C30H42FN3O3. The van der Waals surface area contributed by atoms with Crippen molar-refractivity contribution in [2.45, 2.75) is 63.1 Å². The van der Waals surface area contributed by atoms with Crippen LogP contribution in [0.25, 0.3) is 11.1 Å². The quantitative estimate of drug-likeness (QED) is 0.465. The predicted molar refractivity (Wildman–Crippen MR) is 145 cm³/mol. The van der Waals surface area contributed by atoms with E-state index in [2.05, 4.69) is 24.2 Å². The summed E-state index contributed by atoms with van der Waals surface area (Å²) >= 11 is 0.